The summed E-state index contributed by atoms with van der Waals surface area (Å²) < 4.78 is 5.55. The molecule has 1 rings (SSSR count). The van der Waals surface area contributed by atoms with Gasteiger partial charge in [0.15, 0.2) is 0 Å². The van der Waals surface area contributed by atoms with E-state index in [-0.39, 0.29) is 23.1 Å². The van der Waals surface area contributed by atoms with E-state index in [1.54, 1.807) is 0 Å². The third-order valence-electron chi connectivity index (χ3n) is 3.25. The molecule has 4 nitrogen and oxygen atoms in total. The van der Waals surface area contributed by atoms with Crippen LogP contribution in [0.3, 0.4) is 0 Å². The Morgan fingerprint density at radius 1 is 1.37 bits per heavy atom. The first-order chi connectivity index (χ1) is 8.40. The molecule has 114 valence electrons. The third kappa shape index (κ3) is 6.34. The van der Waals surface area contributed by atoms with Crippen LogP contribution in [0.2, 0.25) is 0 Å². The minimum absolute atomic E-state index is 0. The summed E-state index contributed by atoms with van der Waals surface area (Å²) >= 11 is 1.86. The molecule has 0 saturated carbocycles. The van der Waals surface area contributed by atoms with Crippen molar-refractivity contribution in [3.8, 4) is 0 Å². The van der Waals surface area contributed by atoms with Crippen LogP contribution < -0.4 is 11.1 Å². The van der Waals surface area contributed by atoms with Crippen molar-refractivity contribution in [1.82, 2.24) is 5.32 Å². The summed E-state index contributed by atoms with van der Waals surface area (Å²) in [6, 6.07) is 0. The second-order valence-corrected chi connectivity index (χ2v) is 7.74. The Morgan fingerprint density at radius 2 is 1.95 bits per heavy atom. The summed E-state index contributed by atoms with van der Waals surface area (Å²) in [6.45, 7) is 8.94. The molecular weight excluding hydrogens is 284 g/mol. The topological polar surface area (TPSA) is 64.4 Å². The molecule has 3 N–H and O–H groups in total. The lowest BCUT2D eigenvalue weighted by Gasteiger charge is -2.34. The molecule has 1 aliphatic heterocycles. The van der Waals surface area contributed by atoms with E-state index >= 15 is 0 Å². The minimum atomic E-state index is -0.398. The van der Waals surface area contributed by atoms with Crippen LogP contribution in [0.15, 0.2) is 0 Å². The van der Waals surface area contributed by atoms with Gasteiger partial charge in [0.2, 0.25) is 5.91 Å². The van der Waals surface area contributed by atoms with Crippen LogP contribution >= 0.6 is 24.2 Å². The zero-order chi connectivity index (χ0) is 13.6. The molecule has 1 saturated heterocycles. The summed E-state index contributed by atoms with van der Waals surface area (Å²) in [5.74, 6) is 1.04. The summed E-state index contributed by atoms with van der Waals surface area (Å²) in [4.78, 5) is 12.2. The van der Waals surface area contributed by atoms with E-state index in [4.69, 9.17) is 10.5 Å². The number of carbonyl (C=O) groups excluding carboxylic acids is 1. The molecule has 6 heteroatoms. The molecule has 0 unspecified atom stereocenters. The van der Waals surface area contributed by atoms with Gasteiger partial charge in [-0.1, -0.05) is 20.8 Å². The lowest BCUT2D eigenvalue weighted by molar-refractivity contribution is -0.135. The van der Waals surface area contributed by atoms with Crippen LogP contribution in [0, 0.1) is 5.41 Å². The number of rotatable bonds is 5. The maximum absolute atomic E-state index is 12.2. The molecule has 0 aromatic rings. The molecule has 19 heavy (non-hydrogen) atoms. The van der Waals surface area contributed by atoms with E-state index < -0.39 is 5.41 Å². The van der Waals surface area contributed by atoms with Gasteiger partial charge in [0.25, 0.3) is 0 Å². The number of hydrogen-bond acceptors (Lipinski definition) is 4. The number of amides is 1. The minimum Gasteiger partial charge on any atom is -0.381 e. The normalized spacial score (nSPS) is 18.5. The molecule has 0 aromatic heterocycles. The predicted molar refractivity (Wildman–Crippen MR) is 84.0 cm³/mol. The largest absolute Gasteiger partial charge is 0.381 e. The van der Waals surface area contributed by atoms with Crippen LogP contribution in [0.25, 0.3) is 0 Å². The van der Waals surface area contributed by atoms with Crippen LogP contribution in [-0.2, 0) is 9.53 Å². The fraction of sp³-hybridized carbons (Fsp3) is 0.923. The van der Waals surface area contributed by atoms with Gasteiger partial charge in [-0.2, -0.15) is 11.8 Å². The highest BCUT2D eigenvalue weighted by Crippen LogP contribution is 2.29. The van der Waals surface area contributed by atoms with E-state index in [0.29, 0.717) is 26.3 Å². The molecule has 0 atom stereocenters. The highest BCUT2D eigenvalue weighted by atomic mass is 35.5. The molecule has 0 aliphatic carbocycles. The van der Waals surface area contributed by atoms with Crippen molar-refractivity contribution < 1.29 is 9.53 Å². The number of hydrogen-bond donors (Lipinski definition) is 2. The molecule has 0 aromatic carbocycles. The van der Waals surface area contributed by atoms with Crippen molar-refractivity contribution in [3.05, 3.63) is 0 Å². The van der Waals surface area contributed by atoms with Gasteiger partial charge >= 0.3 is 0 Å². The zero-order valence-electron chi connectivity index (χ0n) is 12.2. The van der Waals surface area contributed by atoms with Crippen molar-refractivity contribution in [3.63, 3.8) is 0 Å². The Morgan fingerprint density at radius 3 is 2.42 bits per heavy atom. The van der Waals surface area contributed by atoms with Crippen molar-refractivity contribution in [2.75, 3.05) is 32.1 Å². The average Bonchev–Trinajstić information content (AvgIpc) is 2.34. The standard InChI is InChI=1S/C13H26N2O2S.ClH/c1-12(2,3)18-9-6-15-11(16)13(10-14)4-7-17-8-5-13;/h4-10,14H2,1-3H3,(H,15,16);1H. The summed E-state index contributed by atoms with van der Waals surface area (Å²) in [7, 11) is 0. The van der Waals surface area contributed by atoms with Crippen LogP contribution in [0.4, 0.5) is 0 Å². The van der Waals surface area contributed by atoms with E-state index in [1.165, 1.54) is 0 Å². The number of nitrogens with two attached hydrogens (primary N) is 1. The molecule has 1 amide bonds. The highest BCUT2D eigenvalue weighted by molar-refractivity contribution is 8.00. The maximum atomic E-state index is 12.2. The summed E-state index contributed by atoms with van der Waals surface area (Å²) in [5.41, 5.74) is 5.39. The van der Waals surface area contributed by atoms with Gasteiger partial charge in [0.1, 0.15) is 0 Å². The van der Waals surface area contributed by atoms with Crippen LogP contribution in [-0.4, -0.2) is 42.7 Å². The first-order valence-electron chi connectivity index (χ1n) is 6.60. The maximum Gasteiger partial charge on any atom is 0.227 e. The van der Waals surface area contributed by atoms with Gasteiger partial charge in [-0.3, -0.25) is 4.79 Å². The molecule has 1 fully saturated rings. The Labute approximate surface area is 127 Å². The summed E-state index contributed by atoms with van der Waals surface area (Å²) in [6.07, 6.45) is 1.48. The summed E-state index contributed by atoms with van der Waals surface area (Å²) in [5, 5.41) is 3.02. The Bertz CT molecular complexity index is 276. The Balaban J connectivity index is 0.00000324. The molecular formula is C13H27ClN2O2S. The highest BCUT2D eigenvalue weighted by Gasteiger charge is 2.38. The Hall–Kier alpha value is 0.0300. The first-order valence-corrected chi connectivity index (χ1v) is 7.58. The van der Waals surface area contributed by atoms with Gasteiger partial charge < -0.3 is 15.8 Å². The van der Waals surface area contributed by atoms with E-state index in [9.17, 15) is 4.79 Å². The smallest absolute Gasteiger partial charge is 0.227 e. The van der Waals surface area contributed by atoms with Crippen molar-refractivity contribution >= 4 is 30.1 Å². The number of nitrogens with one attached hydrogen (secondary N) is 1. The van der Waals surface area contributed by atoms with Gasteiger partial charge in [-0.05, 0) is 12.8 Å². The molecule has 0 radical (unpaired) electrons. The lowest BCUT2D eigenvalue weighted by atomic mass is 9.79. The number of carbonyl (C=O) groups is 1. The fourth-order valence-corrected chi connectivity index (χ4v) is 2.81. The van der Waals surface area contributed by atoms with Crippen LogP contribution in [0.1, 0.15) is 33.6 Å². The third-order valence-corrected chi connectivity index (χ3v) is 4.52. The number of ether oxygens (including phenoxy) is 1. The van der Waals surface area contributed by atoms with Crippen molar-refractivity contribution in [1.29, 1.82) is 0 Å². The first kappa shape index (κ1) is 19.0. The van der Waals surface area contributed by atoms with Gasteiger partial charge in [0.05, 0.1) is 5.41 Å². The second-order valence-electron chi connectivity index (χ2n) is 5.81. The van der Waals surface area contributed by atoms with Crippen LogP contribution in [0.5, 0.6) is 0 Å². The van der Waals surface area contributed by atoms with Crippen molar-refractivity contribution in [2.45, 2.75) is 38.4 Å². The average molecular weight is 311 g/mol. The number of halogens is 1. The SMILES string of the molecule is CC(C)(C)SCCNC(=O)C1(CN)CCOCC1.Cl. The zero-order valence-corrected chi connectivity index (χ0v) is 13.8. The predicted octanol–water partition coefficient (Wildman–Crippen LogP) is 1.81. The van der Waals surface area contributed by atoms with E-state index in [2.05, 4.69) is 26.1 Å². The van der Waals surface area contributed by atoms with Gasteiger partial charge in [0, 0.05) is 36.8 Å². The monoisotopic (exact) mass is 310 g/mol. The quantitative estimate of drug-likeness (QED) is 0.760. The Kier molecular flexibility index (Phi) is 8.36. The number of thioether (sulfide) groups is 1. The molecule has 0 bridgehead atoms. The van der Waals surface area contributed by atoms with E-state index in [0.717, 1.165) is 18.6 Å². The molecule has 1 aliphatic rings. The van der Waals surface area contributed by atoms with Gasteiger partial charge in [-0.25, -0.2) is 0 Å². The molecule has 0 spiro atoms. The van der Waals surface area contributed by atoms with Gasteiger partial charge in [-0.15, -0.1) is 12.4 Å². The fourth-order valence-electron chi connectivity index (χ4n) is 2.00. The molecule has 1 heterocycles. The van der Waals surface area contributed by atoms with Crippen molar-refractivity contribution in [2.24, 2.45) is 11.1 Å². The lowest BCUT2D eigenvalue weighted by Crippen LogP contribution is -2.49. The van der Waals surface area contributed by atoms with E-state index in [1.807, 2.05) is 11.8 Å². The second kappa shape index (κ2) is 8.35.